The molecule has 2 aromatic rings. The number of hydrogen-bond acceptors (Lipinski definition) is 1. The average Bonchev–Trinajstić information content (AvgIpc) is 2.43. The molecule has 0 radical (unpaired) electrons. The fourth-order valence-electron chi connectivity index (χ4n) is 2.04. The zero-order chi connectivity index (χ0) is 14.7. The Morgan fingerprint density at radius 3 is 2.25 bits per heavy atom. The van der Waals surface area contributed by atoms with Crippen LogP contribution < -0.4 is 5.32 Å². The van der Waals surface area contributed by atoms with Crippen LogP contribution in [0.4, 0.5) is 0 Å². The van der Waals surface area contributed by atoms with Gasteiger partial charge in [-0.3, -0.25) is 0 Å². The summed E-state index contributed by atoms with van der Waals surface area (Å²) in [4.78, 5) is 0. The van der Waals surface area contributed by atoms with E-state index in [1.54, 1.807) is 18.2 Å². The van der Waals surface area contributed by atoms with Gasteiger partial charge in [-0.25, -0.2) is 0 Å². The van der Waals surface area contributed by atoms with Gasteiger partial charge in [-0.2, -0.15) is 0 Å². The minimum atomic E-state index is 0.0840. The van der Waals surface area contributed by atoms with Crippen LogP contribution in [0.1, 0.15) is 17.2 Å². The van der Waals surface area contributed by atoms with Gasteiger partial charge in [0, 0.05) is 16.1 Å². The maximum atomic E-state index is 6.21. The summed E-state index contributed by atoms with van der Waals surface area (Å²) >= 11 is 24.2. The van der Waals surface area contributed by atoms with Gasteiger partial charge in [-0.05, 0) is 54.9 Å². The monoisotopic (exact) mass is 347 g/mol. The molecule has 0 aliphatic rings. The van der Waals surface area contributed by atoms with Gasteiger partial charge in [-0.15, -0.1) is 0 Å². The number of likely N-dealkylation sites (N-methyl/N-ethyl adjacent to an activating group) is 1. The van der Waals surface area contributed by atoms with Crippen molar-refractivity contribution in [3.63, 3.8) is 0 Å². The van der Waals surface area contributed by atoms with Gasteiger partial charge in [0.1, 0.15) is 0 Å². The molecule has 1 unspecified atom stereocenters. The zero-order valence-corrected chi connectivity index (χ0v) is 13.8. The second kappa shape index (κ2) is 7.02. The molecule has 0 aliphatic carbocycles. The van der Waals surface area contributed by atoms with Crippen molar-refractivity contribution in [2.75, 3.05) is 7.05 Å². The Balaban J connectivity index is 2.28. The number of benzene rings is 2. The second-order valence-corrected chi connectivity index (χ2v) is 6.11. The molecule has 0 saturated carbocycles. The van der Waals surface area contributed by atoms with E-state index in [-0.39, 0.29) is 6.04 Å². The normalized spacial score (nSPS) is 12.4. The minimum Gasteiger partial charge on any atom is -0.313 e. The molecule has 1 atom stereocenters. The Morgan fingerprint density at radius 2 is 1.60 bits per heavy atom. The van der Waals surface area contributed by atoms with E-state index >= 15 is 0 Å². The first kappa shape index (κ1) is 15.9. The van der Waals surface area contributed by atoms with Crippen molar-refractivity contribution in [2.24, 2.45) is 0 Å². The van der Waals surface area contributed by atoms with Crippen LogP contribution in [0.3, 0.4) is 0 Å². The lowest BCUT2D eigenvalue weighted by Crippen LogP contribution is -2.19. The van der Waals surface area contributed by atoms with Gasteiger partial charge in [0.15, 0.2) is 0 Å². The number of hydrogen-bond donors (Lipinski definition) is 1. The lowest BCUT2D eigenvalue weighted by atomic mass is 9.99. The molecule has 0 spiro atoms. The lowest BCUT2D eigenvalue weighted by Gasteiger charge is -2.18. The van der Waals surface area contributed by atoms with Crippen molar-refractivity contribution in [2.45, 2.75) is 12.5 Å². The number of nitrogens with one attached hydrogen (secondary N) is 1. The molecule has 2 aromatic carbocycles. The molecule has 0 aliphatic heterocycles. The summed E-state index contributed by atoms with van der Waals surface area (Å²) in [7, 11) is 1.89. The highest BCUT2D eigenvalue weighted by Gasteiger charge is 2.14. The van der Waals surface area contributed by atoms with Crippen molar-refractivity contribution in [1.82, 2.24) is 5.32 Å². The van der Waals surface area contributed by atoms with E-state index in [4.69, 9.17) is 46.4 Å². The molecular formula is C15H13Cl4N. The summed E-state index contributed by atoms with van der Waals surface area (Å²) in [6, 6.07) is 11.2. The van der Waals surface area contributed by atoms with Gasteiger partial charge in [0.2, 0.25) is 0 Å². The topological polar surface area (TPSA) is 12.0 Å². The molecule has 0 aromatic heterocycles. The molecule has 1 nitrogen and oxygen atoms in total. The van der Waals surface area contributed by atoms with Gasteiger partial charge < -0.3 is 5.32 Å². The quantitative estimate of drug-likeness (QED) is 0.735. The Labute approximate surface area is 138 Å². The maximum absolute atomic E-state index is 6.21. The maximum Gasteiger partial charge on any atom is 0.0595 e. The van der Waals surface area contributed by atoms with Gasteiger partial charge in [-0.1, -0.05) is 52.5 Å². The highest BCUT2D eigenvalue weighted by atomic mass is 35.5. The highest BCUT2D eigenvalue weighted by molar-refractivity contribution is 6.42. The molecule has 0 bridgehead atoms. The standard InChI is InChI=1S/C15H13Cl4N/c1-20-15(9-2-4-13(18)14(19)7-9)8-10-6-11(16)3-5-12(10)17/h2-7,15,20H,8H2,1H3. The second-order valence-electron chi connectivity index (χ2n) is 4.45. The van der Waals surface area contributed by atoms with E-state index in [1.165, 1.54) is 0 Å². The molecule has 1 N–H and O–H groups in total. The van der Waals surface area contributed by atoms with Crippen molar-refractivity contribution >= 4 is 46.4 Å². The number of halogens is 4. The molecular weight excluding hydrogens is 336 g/mol. The Morgan fingerprint density at radius 1 is 0.900 bits per heavy atom. The summed E-state index contributed by atoms with van der Waals surface area (Å²) in [5, 5.41) is 5.73. The van der Waals surface area contributed by atoms with Crippen LogP contribution in [-0.2, 0) is 6.42 Å². The SMILES string of the molecule is CNC(Cc1cc(Cl)ccc1Cl)c1ccc(Cl)c(Cl)c1. The average molecular weight is 349 g/mol. The fourth-order valence-corrected chi connectivity index (χ4v) is 2.73. The summed E-state index contributed by atoms with van der Waals surface area (Å²) in [5.41, 5.74) is 2.04. The van der Waals surface area contributed by atoms with Crippen LogP contribution in [0.25, 0.3) is 0 Å². The van der Waals surface area contributed by atoms with Gasteiger partial charge >= 0.3 is 0 Å². The molecule has 0 fully saturated rings. The fraction of sp³-hybridized carbons (Fsp3) is 0.200. The molecule has 0 amide bonds. The number of rotatable bonds is 4. The third-order valence-electron chi connectivity index (χ3n) is 3.13. The van der Waals surface area contributed by atoms with Crippen molar-refractivity contribution in [3.05, 3.63) is 67.6 Å². The van der Waals surface area contributed by atoms with Crippen LogP contribution in [0.5, 0.6) is 0 Å². The van der Waals surface area contributed by atoms with Crippen molar-refractivity contribution < 1.29 is 0 Å². The Kier molecular flexibility index (Phi) is 5.59. The van der Waals surface area contributed by atoms with Crippen molar-refractivity contribution in [3.8, 4) is 0 Å². The van der Waals surface area contributed by atoms with E-state index in [9.17, 15) is 0 Å². The predicted molar refractivity (Wildman–Crippen MR) is 88.4 cm³/mol. The highest BCUT2D eigenvalue weighted by Crippen LogP contribution is 2.29. The molecule has 2 rings (SSSR count). The Bertz CT molecular complexity index is 613. The smallest absolute Gasteiger partial charge is 0.0595 e. The van der Waals surface area contributed by atoms with Crippen LogP contribution in [0, 0.1) is 0 Å². The van der Waals surface area contributed by atoms with E-state index in [0.717, 1.165) is 11.1 Å². The first-order valence-corrected chi connectivity index (χ1v) is 7.58. The molecule has 106 valence electrons. The summed E-state index contributed by atoms with van der Waals surface area (Å²) in [6.07, 6.45) is 0.716. The van der Waals surface area contributed by atoms with E-state index < -0.39 is 0 Å². The third-order valence-corrected chi connectivity index (χ3v) is 4.47. The lowest BCUT2D eigenvalue weighted by molar-refractivity contribution is 0.592. The predicted octanol–water partition coefficient (Wildman–Crippen LogP) is 5.80. The van der Waals surface area contributed by atoms with E-state index in [1.807, 2.05) is 25.2 Å². The summed E-state index contributed by atoms with van der Waals surface area (Å²) in [6.45, 7) is 0. The van der Waals surface area contributed by atoms with Crippen LogP contribution in [-0.4, -0.2) is 7.05 Å². The van der Waals surface area contributed by atoms with E-state index in [2.05, 4.69) is 5.32 Å². The summed E-state index contributed by atoms with van der Waals surface area (Å²) < 4.78 is 0. The van der Waals surface area contributed by atoms with Crippen LogP contribution in [0.15, 0.2) is 36.4 Å². The molecule has 5 heteroatoms. The zero-order valence-electron chi connectivity index (χ0n) is 10.8. The van der Waals surface area contributed by atoms with Crippen LogP contribution in [0.2, 0.25) is 20.1 Å². The minimum absolute atomic E-state index is 0.0840. The van der Waals surface area contributed by atoms with Gasteiger partial charge in [0.25, 0.3) is 0 Å². The van der Waals surface area contributed by atoms with Gasteiger partial charge in [0.05, 0.1) is 10.0 Å². The Hall–Kier alpha value is -0.440. The van der Waals surface area contributed by atoms with E-state index in [0.29, 0.717) is 26.5 Å². The summed E-state index contributed by atoms with van der Waals surface area (Å²) in [5.74, 6) is 0. The largest absolute Gasteiger partial charge is 0.313 e. The van der Waals surface area contributed by atoms with Crippen molar-refractivity contribution in [1.29, 1.82) is 0 Å². The molecule has 20 heavy (non-hydrogen) atoms. The van der Waals surface area contributed by atoms with Crippen LogP contribution >= 0.6 is 46.4 Å². The molecule has 0 saturated heterocycles. The third kappa shape index (κ3) is 3.81. The first-order valence-electron chi connectivity index (χ1n) is 6.07. The molecule has 0 heterocycles. The first-order chi connectivity index (χ1) is 9.51.